The lowest BCUT2D eigenvalue weighted by Crippen LogP contribution is -2.24. The zero-order valence-electron chi connectivity index (χ0n) is 11.0. The molecule has 1 heterocycles. The third-order valence-electron chi connectivity index (χ3n) is 2.83. The van der Waals surface area contributed by atoms with Crippen molar-refractivity contribution in [3.05, 3.63) is 69.6 Å². The highest BCUT2D eigenvalue weighted by Crippen LogP contribution is 2.05. The van der Waals surface area contributed by atoms with Crippen LogP contribution in [0.2, 0.25) is 0 Å². The number of nitrogens with two attached hydrogens (primary N) is 1. The van der Waals surface area contributed by atoms with Crippen molar-refractivity contribution in [1.29, 1.82) is 0 Å². The van der Waals surface area contributed by atoms with E-state index in [4.69, 9.17) is 10.9 Å². The van der Waals surface area contributed by atoms with Gasteiger partial charge in [-0.3, -0.25) is 9.59 Å². The summed E-state index contributed by atoms with van der Waals surface area (Å²) in [6.45, 7) is 0.282. The van der Waals surface area contributed by atoms with Crippen molar-refractivity contribution >= 4 is 11.7 Å². The molecule has 0 atom stereocenters. The van der Waals surface area contributed by atoms with E-state index in [1.807, 2.05) is 0 Å². The van der Waals surface area contributed by atoms with Gasteiger partial charge in [-0.05, 0) is 17.7 Å². The molecule has 7 heteroatoms. The van der Waals surface area contributed by atoms with Crippen LogP contribution in [0.5, 0.6) is 0 Å². The summed E-state index contributed by atoms with van der Waals surface area (Å²) >= 11 is 0. The molecule has 7 nitrogen and oxygen atoms in total. The van der Waals surface area contributed by atoms with Gasteiger partial charge in [0.1, 0.15) is 0 Å². The molecular weight excluding hydrogens is 272 g/mol. The molecule has 21 heavy (non-hydrogen) atoms. The molecule has 0 spiro atoms. The minimum Gasteiger partial charge on any atom is -0.409 e. The third-order valence-corrected chi connectivity index (χ3v) is 2.83. The summed E-state index contributed by atoms with van der Waals surface area (Å²) < 4.78 is 0. The van der Waals surface area contributed by atoms with Gasteiger partial charge in [0.2, 0.25) is 5.56 Å². The first-order valence-corrected chi connectivity index (χ1v) is 6.14. The second-order valence-electron chi connectivity index (χ2n) is 4.31. The number of carbonyl (C=O) groups excluding carboxylic acids is 1. The van der Waals surface area contributed by atoms with Crippen LogP contribution in [0.3, 0.4) is 0 Å². The number of aromatic nitrogens is 1. The number of amidine groups is 1. The monoisotopic (exact) mass is 286 g/mol. The van der Waals surface area contributed by atoms with Crippen molar-refractivity contribution in [1.82, 2.24) is 10.3 Å². The van der Waals surface area contributed by atoms with E-state index in [-0.39, 0.29) is 23.8 Å². The molecule has 1 aromatic heterocycles. The van der Waals surface area contributed by atoms with E-state index in [2.05, 4.69) is 15.5 Å². The molecule has 0 aliphatic carbocycles. The highest BCUT2D eigenvalue weighted by molar-refractivity contribution is 5.97. The first kappa shape index (κ1) is 14.3. The fourth-order valence-electron chi connectivity index (χ4n) is 1.73. The number of rotatable bonds is 4. The second-order valence-corrected chi connectivity index (χ2v) is 4.31. The Morgan fingerprint density at radius 1 is 1.29 bits per heavy atom. The summed E-state index contributed by atoms with van der Waals surface area (Å²) in [6.07, 6.45) is 1.35. The van der Waals surface area contributed by atoms with Crippen molar-refractivity contribution in [2.75, 3.05) is 0 Å². The van der Waals surface area contributed by atoms with Gasteiger partial charge < -0.3 is 21.2 Å². The van der Waals surface area contributed by atoms with Gasteiger partial charge in [-0.1, -0.05) is 23.4 Å². The molecule has 1 aromatic carbocycles. The van der Waals surface area contributed by atoms with Crippen LogP contribution in [0.4, 0.5) is 0 Å². The first-order chi connectivity index (χ1) is 10.1. The van der Waals surface area contributed by atoms with E-state index in [1.54, 1.807) is 24.3 Å². The number of oxime groups is 1. The summed E-state index contributed by atoms with van der Waals surface area (Å²) in [5.41, 5.74) is 6.97. The van der Waals surface area contributed by atoms with Gasteiger partial charge in [-0.25, -0.2) is 0 Å². The maximum absolute atomic E-state index is 11.9. The van der Waals surface area contributed by atoms with Crippen LogP contribution < -0.4 is 16.6 Å². The van der Waals surface area contributed by atoms with Crippen LogP contribution in [0.15, 0.2) is 52.5 Å². The molecule has 0 saturated carbocycles. The molecule has 0 unspecified atom stereocenters. The van der Waals surface area contributed by atoms with Gasteiger partial charge in [-0.15, -0.1) is 0 Å². The van der Waals surface area contributed by atoms with E-state index in [0.717, 1.165) is 5.56 Å². The van der Waals surface area contributed by atoms with Crippen LogP contribution in [0.25, 0.3) is 0 Å². The van der Waals surface area contributed by atoms with Crippen molar-refractivity contribution in [3.63, 3.8) is 0 Å². The normalized spacial score (nSPS) is 11.1. The molecule has 0 aliphatic rings. The summed E-state index contributed by atoms with van der Waals surface area (Å²) in [5, 5.41) is 14.3. The number of hydrogen-bond donors (Lipinski definition) is 4. The van der Waals surface area contributed by atoms with Gasteiger partial charge in [0, 0.05) is 24.4 Å². The Labute approximate surface area is 120 Å². The predicted molar refractivity (Wildman–Crippen MR) is 77.2 cm³/mol. The molecule has 2 rings (SSSR count). The Morgan fingerprint density at radius 3 is 2.76 bits per heavy atom. The lowest BCUT2D eigenvalue weighted by Gasteiger charge is -2.06. The standard InChI is InChI=1S/C14H14N4O3/c15-13(18-21)10-3-1-2-9(6-10)7-17-14(20)11-4-5-12(19)16-8-11/h1-6,8,21H,7H2,(H2,15,18)(H,16,19)(H,17,20). The number of pyridine rings is 1. The SMILES string of the molecule is N/C(=N/O)c1cccc(CNC(=O)c2ccc(=O)[nH]c2)c1. The zero-order valence-corrected chi connectivity index (χ0v) is 11.0. The van der Waals surface area contributed by atoms with E-state index in [9.17, 15) is 9.59 Å². The average Bonchev–Trinajstić information content (AvgIpc) is 2.52. The smallest absolute Gasteiger partial charge is 0.253 e. The van der Waals surface area contributed by atoms with E-state index in [0.29, 0.717) is 11.1 Å². The zero-order chi connectivity index (χ0) is 15.2. The maximum Gasteiger partial charge on any atom is 0.253 e. The van der Waals surface area contributed by atoms with Gasteiger partial charge in [0.05, 0.1) is 5.56 Å². The van der Waals surface area contributed by atoms with Crippen LogP contribution in [-0.2, 0) is 6.54 Å². The maximum atomic E-state index is 11.9. The summed E-state index contributed by atoms with van der Waals surface area (Å²) in [5.74, 6) is -0.302. The fraction of sp³-hybridized carbons (Fsp3) is 0.0714. The van der Waals surface area contributed by atoms with Gasteiger partial charge in [0.25, 0.3) is 5.91 Å². The van der Waals surface area contributed by atoms with E-state index < -0.39 is 0 Å². The minimum atomic E-state index is -0.305. The summed E-state index contributed by atoms with van der Waals surface area (Å²) in [6, 6.07) is 9.69. The molecule has 1 amide bonds. The van der Waals surface area contributed by atoms with Crippen LogP contribution >= 0.6 is 0 Å². The quantitative estimate of drug-likeness (QED) is 0.281. The number of aromatic amines is 1. The van der Waals surface area contributed by atoms with Gasteiger partial charge in [-0.2, -0.15) is 0 Å². The highest BCUT2D eigenvalue weighted by Gasteiger charge is 2.06. The predicted octanol–water partition coefficient (Wildman–Crippen LogP) is 0.399. The van der Waals surface area contributed by atoms with E-state index in [1.165, 1.54) is 18.3 Å². The molecule has 0 saturated heterocycles. The lowest BCUT2D eigenvalue weighted by molar-refractivity contribution is 0.0950. The van der Waals surface area contributed by atoms with Crippen LogP contribution in [0.1, 0.15) is 21.5 Å². The molecule has 0 radical (unpaired) electrons. The largest absolute Gasteiger partial charge is 0.409 e. The average molecular weight is 286 g/mol. The topological polar surface area (TPSA) is 121 Å². The number of nitrogens with one attached hydrogen (secondary N) is 2. The van der Waals surface area contributed by atoms with Crippen molar-refractivity contribution in [2.24, 2.45) is 10.9 Å². The Bertz CT molecular complexity index is 716. The highest BCUT2D eigenvalue weighted by atomic mass is 16.4. The summed E-state index contributed by atoms with van der Waals surface area (Å²) in [4.78, 5) is 25.2. The van der Waals surface area contributed by atoms with Crippen molar-refractivity contribution in [3.8, 4) is 0 Å². The number of benzene rings is 1. The van der Waals surface area contributed by atoms with E-state index >= 15 is 0 Å². The molecule has 108 valence electrons. The molecule has 0 aliphatic heterocycles. The minimum absolute atomic E-state index is 0.00353. The third kappa shape index (κ3) is 3.69. The number of amides is 1. The Balaban J connectivity index is 2.04. The molecule has 2 aromatic rings. The number of hydrogen-bond acceptors (Lipinski definition) is 4. The van der Waals surface area contributed by atoms with Gasteiger partial charge >= 0.3 is 0 Å². The fourth-order valence-corrected chi connectivity index (χ4v) is 1.73. The second kappa shape index (κ2) is 6.38. The van der Waals surface area contributed by atoms with Crippen molar-refractivity contribution < 1.29 is 10.0 Å². The van der Waals surface area contributed by atoms with Crippen LogP contribution in [-0.4, -0.2) is 21.9 Å². The summed E-state index contributed by atoms with van der Waals surface area (Å²) in [7, 11) is 0. The number of H-pyrrole nitrogens is 1. The van der Waals surface area contributed by atoms with Gasteiger partial charge in [0.15, 0.2) is 5.84 Å². The molecule has 5 N–H and O–H groups in total. The number of nitrogens with zero attached hydrogens (tertiary/aromatic N) is 1. The Kier molecular flexibility index (Phi) is 4.35. The lowest BCUT2D eigenvalue weighted by atomic mass is 10.1. The number of carbonyl (C=O) groups is 1. The first-order valence-electron chi connectivity index (χ1n) is 6.14. The molecule has 0 fully saturated rings. The molecule has 0 bridgehead atoms. The molecular formula is C14H14N4O3. The Hall–Kier alpha value is -3.09. The van der Waals surface area contributed by atoms with Crippen LogP contribution in [0, 0.1) is 0 Å². The van der Waals surface area contributed by atoms with Crippen molar-refractivity contribution in [2.45, 2.75) is 6.54 Å². The Morgan fingerprint density at radius 2 is 2.10 bits per heavy atom.